The van der Waals surface area contributed by atoms with Gasteiger partial charge in [0.15, 0.2) is 0 Å². The topological polar surface area (TPSA) is 37.0 Å². The fraction of sp³-hybridized carbons (Fsp3) is 0.529. The number of nitrogens with one attached hydrogen (secondary N) is 2. The third-order valence-electron chi connectivity index (χ3n) is 4.48. The number of rotatable bonds is 4. The molecule has 3 nitrogen and oxygen atoms in total. The van der Waals surface area contributed by atoms with E-state index in [1.165, 1.54) is 40.6 Å². The number of para-hydroxylation sites is 1. The van der Waals surface area contributed by atoms with Crippen molar-refractivity contribution in [1.82, 2.24) is 10.3 Å². The van der Waals surface area contributed by atoms with Gasteiger partial charge < -0.3 is 15.0 Å². The summed E-state index contributed by atoms with van der Waals surface area (Å²) in [5.41, 5.74) is 5.30. The number of benzene rings is 1. The molecule has 3 rings (SSSR count). The van der Waals surface area contributed by atoms with Crippen LogP contribution in [0.5, 0.6) is 0 Å². The number of hydrogen-bond acceptors (Lipinski definition) is 2. The highest BCUT2D eigenvalue weighted by atomic mass is 16.5. The summed E-state index contributed by atoms with van der Waals surface area (Å²) < 4.78 is 5.40. The van der Waals surface area contributed by atoms with Gasteiger partial charge in [0, 0.05) is 36.4 Å². The molecule has 0 atom stereocenters. The number of H-pyrrole nitrogens is 1. The molecular formula is C17H24N2O. The average Bonchev–Trinajstić information content (AvgIpc) is 2.79. The van der Waals surface area contributed by atoms with Gasteiger partial charge in [-0.25, -0.2) is 0 Å². The first kappa shape index (κ1) is 13.7. The normalized spacial score (nSPS) is 16.9. The van der Waals surface area contributed by atoms with Crippen molar-refractivity contribution in [2.24, 2.45) is 5.92 Å². The Bertz CT molecular complexity index is 582. The van der Waals surface area contributed by atoms with Crippen LogP contribution in [0, 0.1) is 19.8 Å². The van der Waals surface area contributed by atoms with Crippen molar-refractivity contribution in [3.8, 4) is 0 Å². The minimum absolute atomic E-state index is 0.773. The van der Waals surface area contributed by atoms with Gasteiger partial charge in [0.05, 0.1) is 0 Å². The summed E-state index contributed by atoms with van der Waals surface area (Å²) in [4.78, 5) is 3.58. The maximum Gasteiger partial charge on any atom is 0.0488 e. The van der Waals surface area contributed by atoms with Crippen molar-refractivity contribution in [2.75, 3.05) is 19.8 Å². The van der Waals surface area contributed by atoms with Gasteiger partial charge in [-0.2, -0.15) is 0 Å². The number of aromatic nitrogens is 1. The van der Waals surface area contributed by atoms with Gasteiger partial charge >= 0.3 is 0 Å². The van der Waals surface area contributed by atoms with Gasteiger partial charge in [0.1, 0.15) is 0 Å². The largest absolute Gasteiger partial charge is 0.381 e. The molecule has 1 aromatic heterocycles. The Morgan fingerprint density at radius 2 is 2.05 bits per heavy atom. The van der Waals surface area contributed by atoms with Crippen molar-refractivity contribution >= 4 is 10.9 Å². The second kappa shape index (κ2) is 5.98. The fourth-order valence-electron chi connectivity index (χ4n) is 3.08. The van der Waals surface area contributed by atoms with Gasteiger partial charge in [-0.3, -0.25) is 0 Å². The zero-order chi connectivity index (χ0) is 13.9. The van der Waals surface area contributed by atoms with Crippen LogP contribution >= 0.6 is 0 Å². The van der Waals surface area contributed by atoms with Crippen molar-refractivity contribution in [1.29, 1.82) is 0 Å². The molecule has 1 aliphatic heterocycles. The highest BCUT2D eigenvalue weighted by molar-refractivity contribution is 5.86. The summed E-state index contributed by atoms with van der Waals surface area (Å²) >= 11 is 0. The van der Waals surface area contributed by atoms with Crippen molar-refractivity contribution < 1.29 is 4.74 Å². The molecule has 1 fully saturated rings. The van der Waals surface area contributed by atoms with Gasteiger partial charge in [-0.15, -0.1) is 0 Å². The molecule has 3 heteroatoms. The van der Waals surface area contributed by atoms with E-state index in [4.69, 9.17) is 4.74 Å². The maximum absolute atomic E-state index is 5.40. The summed E-state index contributed by atoms with van der Waals surface area (Å²) in [7, 11) is 0. The summed E-state index contributed by atoms with van der Waals surface area (Å²) in [6.45, 7) is 8.25. The van der Waals surface area contributed by atoms with Crippen LogP contribution < -0.4 is 5.32 Å². The average molecular weight is 272 g/mol. The van der Waals surface area contributed by atoms with E-state index in [1.54, 1.807) is 0 Å². The Balaban J connectivity index is 1.65. The Hall–Kier alpha value is -1.32. The second-order valence-corrected chi connectivity index (χ2v) is 5.91. The first-order valence-corrected chi connectivity index (χ1v) is 7.61. The van der Waals surface area contributed by atoms with E-state index in [1.807, 2.05) is 0 Å². The Morgan fingerprint density at radius 1 is 1.25 bits per heavy atom. The molecule has 0 saturated carbocycles. The van der Waals surface area contributed by atoms with Crippen LogP contribution in [-0.4, -0.2) is 24.7 Å². The lowest BCUT2D eigenvalue weighted by molar-refractivity contribution is 0.0662. The minimum atomic E-state index is 0.773. The summed E-state index contributed by atoms with van der Waals surface area (Å²) in [6, 6.07) is 6.51. The molecule has 2 heterocycles. The zero-order valence-electron chi connectivity index (χ0n) is 12.5. The Morgan fingerprint density at radius 3 is 2.80 bits per heavy atom. The minimum Gasteiger partial charge on any atom is -0.381 e. The third-order valence-corrected chi connectivity index (χ3v) is 4.48. The highest BCUT2D eigenvalue weighted by Crippen LogP contribution is 2.24. The first-order chi connectivity index (χ1) is 9.75. The molecule has 108 valence electrons. The Labute approximate surface area is 120 Å². The fourth-order valence-corrected chi connectivity index (χ4v) is 3.08. The lowest BCUT2D eigenvalue weighted by atomic mass is 10.0. The van der Waals surface area contributed by atoms with Crippen LogP contribution in [0.25, 0.3) is 10.9 Å². The van der Waals surface area contributed by atoms with Gasteiger partial charge in [-0.05, 0) is 50.3 Å². The molecular weight excluding hydrogens is 248 g/mol. The predicted octanol–water partition coefficient (Wildman–Crippen LogP) is 3.30. The maximum atomic E-state index is 5.40. The molecule has 0 aliphatic carbocycles. The quantitative estimate of drug-likeness (QED) is 0.896. The first-order valence-electron chi connectivity index (χ1n) is 7.61. The lowest BCUT2D eigenvalue weighted by Gasteiger charge is -2.22. The molecule has 0 bridgehead atoms. The number of hydrogen-bond donors (Lipinski definition) is 2. The van der Waals surface area contributed by atoms with Crippen LogP contribution in [0.1, 0.15) is 29.7 Å². The molecule has 0 spiro atoms. The molecule has 2 aromatic rings. The van der Waals surface area contributed by atoms with E-state index in [9.17, 15) is 0 Å². The molecule has 0 radical (unpaired) electrons. The van der Waals surface area contributed by atoms with Crippen LogP contribution in [0.15, 0.2) is 18.2 Å². The van der Waals surface area contributed by atoms with Crippen LogP contribution in [0.3, 0.4) is 0 Å². The van der Waals surface area contributed by atoms with Crippen LogP contribution in [0.4, 0.5) is 0 Å². The van der Waals surface area contributed by atoms with E-state index < -0.39 is 0 Å². The van der Waals surface area contributed by atoms with E-state index >= 15 is 0 Å². The summed E-state index contributed by atoms with van der Waals surface area (Å²) in [5, 5.41) is 4.96. The molecule has 1 saturated heterocycles. The SMILES string of the molecule is Cc1c(CNCC2CCOCC2)[nH]c2c(C)cccc12. The zero-order valence-corrected chi connectivity index (χ0v) is 12.5. The van der Waals surface area contributed by atoms with E-state index in [0.717, 1.165) is 32.2 Å². The molecule has 2 N–H and O–H groups in total. The summed E-state index contributed by atoms with van der Waals surface area (Å²) in [6.07, 6.45) is 2.38. The van der Waals surface area contributed by atoms with Crippen LogP contribution in [-0.2, 0) is 11.3 Å². The van der Waals surface area contributed by atoms with Crippen LogP contribution in [0.2, 0.25) is 0 Å². The monoisotopic (exact) mass is 272 g/mol. The van der Waals surface area contributed by atoms with E-state index in [-0.39, 0.29) is 0 Å². The Kier molecular flexibility index (Phi) is 4.08. The number of aromatic amines is 1. The van der Waals surface area contributed by atoms with E-state index in [2.05, 4.69) is 42.3 Å². The lowest BCUT2D eigenvalue weighted by Crippen LogP contribution is -2.27. The number of aryl methyl sites for hydroxylation is 2. The standard InChI is InChI=1S/C17H24N2O/c1-12-4-3-5-15-13(2)16(19-17(12)15)11-18-10-14-6-8-20-9-7-14/h3-5,14,18-19H,6-11H2,1-2H3. The van der Waals surface area contributed by atoms with Crippen molar-refractivity contribution in [3.05, 3.63) is 35.0 Å². The van der Waals surface area contributed by atoms with Gasteiger partial charge in [0.2, 0.25) is 0 Å². The number of ether oxygens (including phenoxy) is 1. The molecule has 1 aliphatic rings. The molecule has 1 aromatic carbocycles. The van der Waals surface area contributed by atoms with Gasteiger partial charge in [0.25, 0.3) is 0 Å². The summed E-state index contributed by atoms with van der Waals surface area (Å²) in [5.74, 6) is 0.773. The molecule has 0 amide bonds. The van der Waals surface area contributed by atoms with E-state index in [0.29, 0.717) is 0 Å². The smallest absolute Gasteiger partial charge is 0.0488 e. The molecule has 0 unspecified atom stereocenters. The predicted molar refractivity (Wildman–Crippen MR) is 83.0 cm³/mol. The van der Waals surface area contributed by atoms with Gasteiger partial charge in [-0.1, -0.05) is 18.2 Å². The number of fused-ring (bicyclic) bond motifs is 1. The highest BCUT2D eigenvalue weighted by Gasteiger charge is 2.14. The van der Waals surface area contributed by atoms with Crippen molar-refractivity contribution in [2.45, 2.75) is 33.2 Å². The molecule has 20 heavy (non-hydrogen) atoms. The van der Waals surface area contributed by atoms with Crippen molar-refractivity contribution in [3.63, 3.8) is 0 Å². The third kappa shape index (κ3) is 2.74. The second-order valence-electron chi connectivity index (χ2n) is 5.91.